The van der Waals surface area contributed by atoms with Crippen LogP contribution in [0.5, 0.6) is 0 Å². The summed E-state index contributed by atoms with van der Waals surface area (Å²) in [6.45, 7) is 2.84. The van der Waals surface area contributed by atoms with Crippen LogP contribution in [0, 0.1) is 0 Å². The zero-order chi connectivity index (χ0) is 15.0. The van der Waals surface area contributed by atoms with Crippen molar-refractivity contribution in [2.24, 2.45) is 7.05 Å². The molecule has 2 aromatic heterocycles. The molecule has 0 aliphatic carbocycles. The Labute approximate surface area is 136 Å². The summed E-state index contributed by atoms with van der Waals surface area (Å²) in [5, 5.41) is 4.54. The van der Waals surface area contributed by atoms with Gasteiger partial charge in [0.05, 0.1) is 18.1 Å². The summed E-state index contributed by atoms with van der Waals surface area (Å²) in [6.07, 6.45) is 0.869. The molecular formula is C15H16BrClN4. The standard InChI is InChI=1S/C15H16BrClN4/c1-3-12-14-15(20(2)19-12)21(13(8-17)18-14)9-10-4-6-11(16)7-5-10/h4-7H,3,8-9H2,1-2H3. The second-order valence-electron chi connectivity index (χ2n) is 4.97. The zero-order valence-electron chi connectivity index (χ0n) is 12.0. The van der Waals surface area contributed by atoms with Crippen LogP contribution in [-0.4, -0.2) is 19.3 Å². The summed E-state index contributed by atoms with van der Waals surface area (Å²) < 4.78 is 5.13. The molecule has 0 aliphatic rings. The highest BCUT2D eigenvalue weighted by molar-refractivity contribution is 9.10. The van der Waals surface area contributed by atoms with Crippen LogP contribution in [0.4, 0.5) is 0 Å². The third-order valence-electron chi connectivity index (χ3n) is 3.58. The van der Waals surface area contributed by atoms with Gasteiger partial charge in [0.25, 0.3) is 0 Å². The van der Waals surface area contributed by atoms with Crippen LogP contribution in [0.3, 0.4) is 0 Å². The van der Waals surface area contributed by atoms with Crippen molar-refractivity contribution in [3.8, 4) is 0 Å². The third kappa shape index (κ3) is 2.60. The highest BCUT2D eigenvalue weighted by Gasteiger charge is 2.18. The molecule has 0 fully saturated rings. The fraction of sp³-hybridized carbons (Fsp3) is 0.333. The summed E-state index contributed by atoms with van der Waals surface area (Å²) >= 11 is 9.54. The van der Waals surface area contributed by atoms with Crippen LogP contribution in [0.25, 0.3) is 11.2 Å². The molecule has 0 bridgehead atoms. The van der Waals surface area contributed by atoms with Crippen LogP contribution in [0.15, 0.2) is 28.7 Å². The van der Waals surface area contributed by atoms with Crippen molar-refractivity contribution < 1.29 is 0 Å². The van der Waals surface area contributed by atoms with Crippen molar-refractivity contribution in [3.05, 3.63) is 45.8 Å². The van der Waals surface area contributed by atoms with Crippen LogP contribution < -0.4 is 0 Å². The van der Waals surface area contributed by atoms with Gasteiger partial charge in [0, 0.05) is 11.5 Å². The predicted molar refractivity (Wildman–Crippen MR) is 88.7 cm³/mol. The van der Waals surface area contributed by atoms with Crippen LogP contribution in [0.2, 0.25) is 0 Å². The molecule has 0 atom stereocenters. The first-order valence-electron chi connectivity index (χ1n) is 6.85. The Morgan fingerprint density at radius 3 is 2.57 bits per heavy atom. The summed E-state index contributed by atoms with van der Waals surface area (Å²) in [5.74, 6) is 1.28. The Balaban J connectivity index is 2.11. The third-order valence-corrected chi connectivity index (χ3v) is 4.35. The minimum absolute atomic E-state index is 0.397. The van der Waals surface area contributed by atoms with Crippen LogP contribution >= 0.6 is 27.5 Å². The molecule has 0 radical (unpaired) electrons. The molecule has 0 N–H and O–H groups in total. The molecule has 0 amide bonds. The van der Waals surface area contributed by atoms with E-state index < -0.39 is 0 Å². The van der Waals surface area contributed by atoms with Gasteiger partial charge in [0.2, 0.25) is 0 Å². The first kappa shape index (κ1) is 14.6. The second-order valence-corrected chi connectivity index (χ2v) is 6.15. The Hall–Kier alpha value is -1.33. The van der Waals surface area contributed by atoms with E-state index in [1.807, 2.05) is 23.9 Å². The Morgan fingerprint density at radius 2 is 1.95 bits per heavy atom. The molecule has 0 spiro atoms. The van der Waals surface area contributed by atoms with Crippen molar-refractivity contribution in [1.29, 1.82) is 0 Å². The average molecular weight is 368 g/mol. The molecule has 3 aromatic rings. The minimum Gasteiger partial charge on any atom is -0.307 e. The smallest absolute Gasteiger partial charge is 0.159 e. The van der Waals surface area contributed by atoms with Gasteiger partial charge in [0.15, 0.2) is 5.65 Å². The maximum absolute atomic E-state index is 6.08. The number of hydrogen-bond donors (Lipinski definition) is 0. The van der Waals surface area contributed by atoms with E-state index in [1.54, 1.807) is 0 Å². The topological polar surface area (TPSA) is 35.6 Å². The molecule has 21 heavy (non-hydrogen) atoms. The maximum atomic E-state index is 6.08. The first-order valence-corrected chi connectivity index (χ1v) is 8.18. The van der Waals surface area contributed by atoms with E-state index in [-0.39, 0.29) is 0 Å². The van der Waals surface area contributed by atoms with Gasteiger partial charge in [-0.2, -0.15) is 5.10 Å². The van der Waals surface area contributed by atoms with E-state index in [0.717, 1.165) is 40.1 Å². The van der Waals surface area contributed by atoms with Gasteiger partial charge in [-0.1, -0.05) is 35.0 Å². The SMILES string of the molecule is CCc1nn(C)c2c1nc(CCl)n2Cc1ccc(Br)cc1. The number of imidazole rings is 1. The number of aromatic nitrogens is 4. The van der Waals surface area contributed by atoms with Crippen molar-refractivity contribution in [3.63, 3.8) is 0 Å². The lowest BCUT2D eigenvalue weighted by Crippen LogP contribution is -2.07. The normalized spacial score (nSPS) is 11.4. The van der Waals surface area contributed by atoms with E-state index in [2.05, 4.69) is 49.6 Å². The van der Waals surface area contributed by atoms with Gasteiger partial charge < -0.3 is 4.57 Å². The fourth-order valence-corrected chi connectivity index (χ4v) is 3.03. The summed E-state index contributed by atoms with van der Waals surface area (Å²) in [4.78, 5) is 4.67. The number of aryl methyl sites for hydroxylation is 2. The number of alkyl halides is 1. The second kappa shape index (κ2) is 5.81. The lowest BCUT2D eigenvalue weighted by molar-refractivity contribution is 0.698. The fourth-order valence-electron chi connectivity index (χ4n) is 2.57. The van der Waals surface area contributed by atoms with E-state index in [1.165, 1.54) is 5.56 Å². The minimum atomic E-state index is 0.397. The molecule has 0 saturated heterocycles. The molecule has 0 unspecified atom stereocenters. The molecule has 2 heterocycles. The van der Waals surface area contributed by atoms with Gasteiger partial charge in [0.1, 0.15) is 11.3 Å². The van der Waals surface area contributed by atoms with Crippen molar-refractivity contribution in [2.45, 2.75) is 25.8 Å². The van der Waals surface area contributed by atoms with Gasteiger partial charge in [-0.15, -0.1) is 11.6 Å². The number of benzene rings is 1. The van der Waals surface area contributed by atoms with E-state index in [0.29, 0.717) is 5.88 Å². The molecule has 3 rings (SSSR count). The van der Waals surface area contributed by atoms with E-state index in [9.17, 15) is 0 Å². The highest BCUT2D eigenvalue weighted by atomic mass is 79.9. The summed E-state index contributed by atoms with van der Waals surface area (Å²) in [6, 6.07) is 8.30. The number of halogens is 2. The maximum Gasteiger partial charge on any atom is 0.159 e. The molecule has 1 aromatic carbocycles. The molecule has 110 valence electrons. The van der Waals surface area contributed by atoms with Gasteiger partial charge in [-0.3, -0.25) is 4.68 Å². The largest absolute Gasteiger partial charge is 0.307 e. The van der Waals surface area contributed by atoms with E-state index >= 15 is 0 Å². The molecular weight excluding hydrogens is 352 g/mol. The van der Waals surface area contributed by atoms with Gasteiger partial charge >= 0.3 is 0 Å². The lowest BCUT2D eigenvalue weighted by Gasteiger charge is -2.08. The number of fused-ring (bicyclic) bond motifs is 1. The summed E-state index contributed by atoms with van der Waals surface area (Å²) in [5.41, 5.74) is 4.23. The molecule has 0 saturated carbocycles. The van der Waals surface area contributed by atoms with Crippen molar-refractivity contribution in [2.75, 3.05) is 0 Å². The predicted octanol–water partition coefficient (Wildman–Crippen LogP) is 3.88. The molecule has 0 aliphatic heterocycles. The Bertz CT molecular complexity index is 773. The highest BCUT2D eigenvalue weighted by Crippen LogP contribution is 2.22. The van der Waals surface area contributed by atoms with Crippen molar-refractivity contribution in [1.82, 2.24) is 19.3 Å². The quantitative estimate of drug-likeness (QED) is 0.656. The monoisotopic (exact) mass is 366 g/mol. The summed E-state index contributed by atoms with van der Waals surface area (Å²) in [7, 11) is 1.96. The van der Waals surface area contributed by atoms with Crippen molar-refractivity contribution >= 4 is 38.7 Å². The molecule has 6 heteroatoms. The van der Waals surface area contributed by atoms with Crippen LogP contribution in [-0.2, 0) is 25.9 Å². The van der Waals surface area contributed by atoms with E-state index in [4.69, 9.17) is 11.6 Å². The molecule has 4 nitrogen and oxygen atoms in total. The van der Waals surface area contributed by atoms with Gasteiger partial charge in [-0.25, -0.2) is 4.98 Å². The first-order chi connectivity index (χ1) is 10.1. The average Bonchev–Trinajstić information content (AvgIpc) is 2.99. The number of hydrogen-bond acceptors (Lipinski definition) is 2. The zero-order valence-corrected chi connectivity index (χ0v) is 14.3. The lowest BCUT2D eigenvalue weighted by atomic mass is 10.2. The Morgan fingerprint density at radius 1 is 1.24 bits per heavy atom. The Kier molecular flexibility index (Phi) is 4.04. The van der Waals surface area contributed by atoms with Crippen LogP contribution in [0.1, 0.15) is 24.0 Å². The number of rotatable bonds is 4. The number of nitrogens with zero attached hydrogens (tertiary/aromatic N) is 4. The van der Waals surface area contributed by atoms with Gasteiger partial charge in [-0.05, 0) is 24.1 Å².